The Bertz CT molecular complexity index is 410. The fourth-order valence-corrected chi connectivity index (χ4v) is 2.95. The maximum absolute atomic E-state index is 5.80. The average molecular weight is 273 g/mol. The quantitative estimate of drug-likeness (QED) is 0.339. The molecule has 0 aromatic carbocycles. The van der Waals surface area contributed by atoms with E-state index in [4.69, 9.17) is 6.42 Å². The van der Waals surface area contributed by atoms with Crippen LogP contribution in [0.2, 0.25) is 0 Å². The molecule has 1 aliphatic carbocycles. The predicted octanol–water partition coefficient (Wildman–Crippen LogP) is 3.12. The van der Waals surface area contributed by atoms with Crippen molar-refractivity contribution in [2.45, 2.75) is 38.1 Å². The molecule has 0 aliphatic heterocycles. The van der Waals surface area contributed by atoms with Crippen LogP contribution in [0.25, 0.3) is 0 Å². The molecule has 0 N–H and O–H groups in total. The van der Waals surface area contributed by atoms with Crippen LogP contribution in [0, 0.1) is 18.3 Å². The third-order valence-corrected chi connectivity index (χ3v) is 4.17. The monoisotopic (exact) mass is 273 g/mol. The molecular weight excluding hydrogens is 246 g/mol. The second kappa shape index (κ2) is 7.79. The van der Waals surface area contributed by atoms with E-state index >= 15 is 0 Å². The minimum Gasteiger partial charge on any atom is -0.331 e. The largest absolute Gasteiger partial charge is 0.331 e. The van der Waals surface area contributed by atoms with Crippen LogP contribution < -0.4 is 0 Å². The molecule has 1 unspecified atom stereocenters. The van der Waals surface area contributed by atoms with E-state index in [9.17, 15) is 0 Å². The van der Waals surface area contributed by atoms with Gasteiger partial charge in [0, 0.05) is 26.8 Å². The molecule has 110 valence electrons. The van der Waals surface area contributed by atoms with Gasteiger partial charge in [0.15, 0.2) is 0 Å². The first-order chi connectivity index (χ1) is 9.56. The van der Waals surface area contributed by atoms with Crippen LogP contribution >= 0.6 is 0 Å². The Hall–Kier alpha value is -1.69. The zero-order chi connectivity index (χ0) is 15.1. The number of likely N-dealkylation sites (N-methyl/N-ethyl adjacent to an activating group) is 1. The SMILES string of the molecule is C#CC(C1CCCCC1)N(C)C(=NC)N(C)C(=C)C=C. The maximum atomic E-state index is 5.80. The van der Waals surface area contributed by atoms with Crippen LogP contribution in [0.5, 0.6) is 0 Å². The normalized spacial score (nSPS) is 18.0. The molecule has 3 heteroatoms. The molecule has 1 aliphatic rings. The summed E-state index contributed by atoms with van der Waals surface area (Å²) < 4.78 is 0. The summed E-state index contributed by atoms with van der Waals surface area (Å²) in [6.07, 6.45) is 13.8. The minimum atomic E-state index is 0.0917. The smallest absolute Gasteiger partial charge is 0.201 e. The number of allylic oxidation sites excluding steroid dienone is 1. The van der Waals surface area contributed by atoms with Crippen molar-refractivity contribution < 1.29 is 0 Å². The minimum absolute atomic E-state index is 0.0917. The molecule has 0 saturated heterocycles. The van der Waals surface area contributed by atoms with Gasteiger partial charge in [0.1, 0.15) is 0 Å². The van der Waals surface area contributed by atoms with E-state index < -0.39 is 0 Å². The third-order valence-electron chi connectivity index (χ3n) is 4.17. The predicted molar refractivity (Wildman–Crippen MR) is 87.4 cm³/mol. The number of hydrogen-bond acceptors (Lipinski definition) is 1. The van der Waals surface area contributed by atoms with E-state index in [-0.39, 0.29) is 6.04 Å². The van der Waals surface area contributed by atoms with Crippen molar-refractivity contribution in [1.82, 2.24) is 9.80 Å². The van der Waals surface area contributed by atoms with E-state index in [0.29, 0.717) is 5.92 Å². The van der Waals surface area contributed by atoms with E-state index in [1.165, 1.54) is 32.1 Å². The highest BCUT2D eigenvalue weighted by molar-refractivity contribution is 5.82. The van der Waals surface area contributed by atoms with Gasteiger partial charge in [-0.1, -0.05) is 38.3 Å². The van der Waals surface area contributed by atoms with E-state index in [1.54, 1.807) is 13.1 Å². The fourth-order valence-electron chi connectivity index (χ4n) is 2.95. The zero-order valence-electron chi connectivity index (χ0n) is 13.1. The van der Waals surface area contributed by atoms with Gasteiger partial charge in [-0.15, -0.1) is 6.42 Å². The van der Waals surface area contributed by atoms with Gasteiger partial charge in [0.05, 0.1) is 6.04 Å². The standard InChI is InChI=1S/C17H27N3/c1-7-14(3)19(5)17(18-4)20(6)16(8-2)15-12-10-9-11-13-15/h2,7,15-16H,1,3,9-13H2,4-6H3. The molecule has 1 saturated carbocycles. The second-order valence-electron chi connectivity index (χ2n) is 5.40. The second-order valence-corrected chi connectivity index (χ2v) is 5.40. The molecular formula is C17H27N3. The Balaban J connectivity index is 2.87. The molecule has 0 aromatic heterocycles. The van der Waals surface area contributed by atoms with Gasteiger partial charge in [0.2, 0.25) is 5.96 Å². The highest BCUT2D eigenvalue weighted by Gasteiger charge is 2.28. The molecule has 0 spiro atoms. The van der Waals surface area contributed by atoms with Crippen molar-refractivity contribution in [2.75, 3.05) is 21.1 Å². The molecule has 1 rings (SSSR count). The van der Waals surface area contributed by atoms with Gasteiger partial charge in [-0.05, 0) is 24.8 Å². The number of guanidine groups is 1. The first-order valence-corrected chi connectivity index (χ1v) is 7.27. The molecule has 0 amide bonds. The summed E-state index contributed by atoms with van der Waals surface area (Å²) >= 11 is 0. The molecule has 1 fully saturated rings. The highest BCUT2D eigenvalue weighted by atomic mass is 15.4. The summed E-state index contributed by atoms with van der Waals surface area (Å²) in [7, 11) is 5.75. The molecule has 1 atom stereocenters. The number of nitrogens with zero attached hydrogens (tertiary/aromatic N) is 3. The lowest BCUT2D eigenvalue weighted by molar-refractivity contribution is 0.237. The third kappa shape index (κ3) is 3.66. The van der Waals surface area contributed by atoms with Gasteiger partial charge in [-0.2, -0.15) is 0 Å². The highest BCUT2D eigenvalue weighted by Crippen LogP contribution is 2.29. The first-order valence-electron chi connectivity index (χ1n) is 7.27. The topological polar surface area (TPSA) is 18.8 Å². The Morgan fingerprint density at radius 1 is 1.35 bits per heavy atom. The van der Waals surface area contributed by atoms with Gasteiger partial charge >= 0.3 is 0 Å². The van der Waals surface area contributed by atoms with Crippen LogP contribution in [0.15, 0.2) is 29.9 Å². The number of hydrogen-bond donors (Lipinski definition) is 0. The van der Waals surface area contributed by atoms with Crippen LogP contribution in [0.3, 0.4) is 0 Å². The first kappa shape index (κ1) is 16.4. The van der Waals surface area contributed by atoms with Crippen molar-refractivity contribution in [3.63, 3.8) is 0 Å². The number of aliphatic imine (C=N–C) groups is 1. The Morgan fingerprint density at radius 3 is 2.40 bits per heavy atom. The van der Waals surface area contributed by atoms with Crippen molar-refractivity contribution in [3.8, 4) is 12.3 Å². The Morgan fingerprint density at radius 2 is 1.95 bits per heavy atom. The molecule has 0 heterocycles. The van der Waals surface area contributed by atoms with Gasteiger partial charge in [-0.25, -0.2) is 0 Å². The lowest BCUT2D eigenvalue weighted by Crippen LogP contribution is -2.47. The van der Waals surface area contributed by atoms with Crippen LogP contribution in [-0.2, 0) is 0 Å². The lowest BCUT2D eigenvalue weighted by Gasteiger charge is -2.37. The fraction of sp³-hybridized carbons (Fsp3) is 0.588. The summed E-state index contributed by atoms with van der Waals surface area (Å²) in [4.78, 5) is 8.42. The molecule has 3 nitrogen and oxygen atoms in total. The zero-order valence-corrected chi connectivity index (χ0v) is 13.1. The number of rotatable bonds is 4. The summed E-state index contributed by atoms with van der Waals surface area (Å²) in [5.74, 6) is 4.35. The van der Waals surface area contributed by atoms with Gasteiger partial charge in [-0.3, -0.25) is 4.99 Å². The van der Waals surface area contributed by atoms with Crippen molar-refractivity contribution in [1.29, 1.82) is 0 Å². The Labute approximate surface area is 124 Å². The van der Waals surface area contributed by atoms with Crippen molar-refractivity contribution in [3.05, 3.63) is 24.9 Å². The summed E-state index contributed by atoms with van der Waals surface area (Å²) in [5.41, 5.74) is 0.817. The molecule has 0 radical (unpaired) electrons. The van der Waals surface area contributed by atoms with Gasteiger partial charge in [0.25, 0.3) is 0 Å². The molecule has 0 aromatic rings. The van der Waals surface area contributed by atoms with E-state index in [0.717, 1.165) is 11.7 Å². The van der Waals surface area contributed by atoms with Crippen LogP contribution in [0.4, 0.5) is 0 Å². The van der Waals surface area contributed by atoms with Gasteiger partial charge < -0.3 is 9.80 Å². The Kier molecular flexibility index (Phi) is 6.38. The van der Waals surface area contributed by atoms with E-state index in [1.807, 2.05) is 19.0 Å². The summed E-state index contributed by atoms with van der Waals surface area (Å²) in [5, 5.41) is 0. The summed E-state index contributed by atoms with van der Waals surface area (Å²) in [6.45, 7) is 7.73. The maximum Gasteiger partial charge on any atom is 0.201 e. The van der Waals surface area contributed by atoms with Crippen molar-refractivity contribution in [2.24, 2.45) is 10.9 Å². The molecule has 20 heavy (non-hydrogen) atoms. The summed E-state index contributed by atoms with van der Waals surface area (Å²) in [6, 6.07) is 0.0917. The van der Waals surface area contributed by atoms with Crippen LogP contribution in [0.1, 0.15) is 32.1 Å². The lowest BCUT2D eigenvalue weighted by atomic mass is 9.83. The van der Waals surface area contributed by atoms with Crippen molar-refractivity contribution >= 4 is 5.96 Å². The average Bonchev–Trinajstić information content (AvgIpc) is 2.48. The van der Waals surface area contributed by atoms with E-state index in [2.05, 4.69) is 29.0 Å². The molecule has 0 bridgehead atoms. The van der Waals surface area contributed by atoms with Crippen LogP contribution in [-0.4, -0.2) is 42.9 Å². The number of terminal acetylenes is 1.